The van der Waals surface area contributed by atoms with Crippen molar-refractivity contribution in [3.8, 4) is 0 Å². The van der Waals surface area contributed by atoms with Crippen LogP contribution < -0.4 is 5.73 Å². The van der Waals surface area contributed by atoms with Crippen LogP contribution in [0, 0.1) is 0 Å². The lowest BCUT2D eigenvalue weighted by atomic mass is 10.3. The van der Waals surface area contributed by atoms with E-state index in [1.807, 2.05) is 24.3 Å². The van der Waals surface area contributed by atoms with Crippen molar-refractivity contribution in [1.82, 2.24) is 9.80 Å². The number of hydrogen-bond donors (Lipinski definition) is 1. The van der Waals surface area contributed by atoms with E-state index in [1.165, 1.54) is 18.0 Å². The summed E-state index contributed by atoms with van der Waals surface area (Å²) >= 11 is 1.47. The molecular formula is C17H19N3O3S. The molecule has 24 heavy (non-hydrogen) atoms. The van der Waals surface area contributed by atoms with Gasteiger partial charge >= 0.3 is 0 Å². The Kier molecular flexibility index (Phi) is 5.10. The minimum Gasteiger partial charge on any atom is -0.459 e. The Labute approximate surface area is 144 Å². The molecule has 0 radical (unpaired) electrons. The van der Waals surface area contributed by atoms with Gasteiger partial charge in [-0.1, -0.05) is 6.07 Å². The Morgan fingerprint density at radius 3 is 2.50 bits per heavy atom. The van der Waals surface area contributed by atoms with Gasteiger partial charge in [0.05, 0.1) is 12.0 Å². The van der Waals surface area contributed by atoms with Gasteiger partial charge in [0.1, 0.15) is 0 Å². The molecule has 0 unspecified atom stereocenters. The first-order chi connectivity index (χ1) is 11.6. The summed E-state index contributed by atoms with van der Waals surface area (Å²) in [6, 6.07) is 10.8. The summed E-state index contributed by atoms with van der Waals surface area (Å²) in [5, 5.41) is 0. The van der Waals surface area contributed by atoms with Crippen LogP contribution in [0.1, 0.15) is 10.6 Å². The number of amides is 2. The molecule has 3 rings (SSSR count). The molecule has 1 aromatic heterocycles. The summed E-state index contributed by atoms with van der Waals surface area (Å²) in [5.74, 6) is 0.663. The summed E-state index contributed by atoms with van der Waals surface area (Å²) in [7, 11) is 0. The number of carbonyl (C=O) groups is 2. The molecule has 1 aliphatic heterocycles. The van der Waals surface area contributed by atoms with Gasteiger partial charge in [-0.2, -0.15) is 0 Å². The zero-order valence-corrected chi connectivity index (χ0v) is 14.0. The normalized spacial score (nSPS) is 14.7. The van der Waals surface area contributed by atoms with Gasteiger partial charge in [-0.3, -0.25) is 9.59 Å². The predicted molar refractivity (Wildman–Crippen MR) is 92.8 cm³/mol. The lowest BCUT2D eigenvalue weighted by Crippen LogP contribution is -2.51. The fraction of sp³-hybridized carbons (Fsp3) is 0.294. The average Bonchev–Trinajstić information content (AvgIpc) is 3.14. The number of benzene rings is 1. The first kappa shape index (κ1) is 16.4. The number of piperazine rings is 1. The molecule has 2 N–H and O–H groups in total. The molecule has 1 aromatic carbocycles. The quantitative estimate of drug-likeness (QED) is 0.677. The van der Waals surface area contributed by atoms with Crippen molar-refractivity contribution < 1.29 is 14.0 Å². The molecule has 1 fully saturated rings. The van der Waals surface area contributed by atoms with E-state index < -0.39 is 0 Å². The molecule has 7 heteroatoms. The van der Waals surface area contributed by atoms with Crippen LogP contribution in [-0.2, 0) is 4.79 Å². The predicted octanol–water partition coefficient (Wildman–Crippen LogP) is 1.94. The number of nitrogen functional groups attached to an aromatic ring is 1. The Balaban J connectivity index is 1.47. The van der Waals surface area contributed by atoms with Crippen LogP contribution in [0.5, 0.6) is 0 Å². The first-order valence-corrected chi connectivity index (χ1v) is 8.71. The molecule has 2 amide bonds. The van der Waals surface area contributed by atoms with Gasteiger partial charge in [0.2, 0.25) is 5.91 Å². The van der Waals surface area contributed by atoms with E-state index in [0.29, 0.717) is 43.4 Å². The highest BCUT2D eigenvalue weighted by atomic mass is 32.2. The number of rotatable bonds is 4. The van der Waals surface area contributed by atoms with Crippen molar-refractivity contribution in [2.45, 2.75) is 4.90 Å². The van der Waals surface area contributed by atoms with Gasteiger partial charge in [0.25, 0.3) is 5.91 Å². The third-order valence-corrected chi connectivity index (χ3v) is 4.85. The Bertz CT molecular complexity index is 710. The van der Waals surface area contributed by atoms with Crippen LogP contribution >= 0.6 is 11.8 Å². The maximum atomic E-state index is 12.3. The van der Waals surface area contributed by atoms with E-state index in [2.05, 4.69) is 0 Å². The van der Waals surface area contributed by atoms with Crippen LogP contribution in [0.2, 0.25) is 0 Å². The van der Waals surface area contributed by atoms with Crippen LogP contribution in [0.4, 0.5) is 5.69 Å². The molecule has 0 saturated carbocycles. The third-order valence-electron chi connectivity index (χ3n) is 3.87. The highest BCUT2D eigenvalue weighted by Crippen LogP contribution is 2.21. The molecule has 0 aliphatic carbocycles. The zero-order valence-electron chi connectivity index (χ0n) is 13.2. The number of nitrogens with two attached hydrogens (primary N) is 1. The van der Waals surface area contributed by atoms with E-state index >= 15 is 0 Å². The van der Waals surface area contributed by atoms with Crippen molar-refractivity contribution in [2.75, 3.05) is 37.7 Å². The molecule has 1 saturated heterocycles. The van der Waals surface area contributed by atoms with Crippen molar-refractivity contribution in [3.05, 3.63) is 48.4 Å². The Hall–Kier alpha value is -2.41. The fourth-order valence-corrected chi connectivity index (χ4v) is 3.42. The van der Waals surface area contributed by atoms with Gasteiger partial charge in [-0.15, -0.1) is 11.8 Å². The molecule has 1 aliphatic rings. The number of thioether (sulfide) groups is 1. The van der Waals surface area contributed by atoms with Crippen LogP contribution in [-0.4, -0.2) is 53.5 Å². The third kappa shape index (κ3) is 3.91. The molecule has 6 nitrogen and oxygen atoms in total. The molecule has 126 valence electrons. The topological polar surface area (TPSA) is 79.8 Å². The van der Waals surface area contributed by atoms with E-state index in [0.717, 1.165) is 4.90 Å². The first-order valence-electron chi connectivity index (χ1n) is 7.72. The minimum absolute atomic E-state index is 0.0764. The van der Waals surface area contributed by atoms with Gasteiger partial charge in [-0.25, -0.2) is 0 Å². The molecule has 2 heterocycles. The van der Waals surface area contributed by atoms with E-state index in [1.54, 1.807) is 21.9 Å². The van der Waals surface area contributed by atoms with Crippen LogP contribution in [0.25, 0.3) is 0 Å². The Morgan fingerprint density at radius 2 is 1.83 bits per heavy atom. The largest absolute Gasteiger partial charge is 0.459 e. The van der Waals surface area contributed by atoms with Crippen LogP contribution in [0.3, 0.4) is 0 Å². The smallest absolute Gasteiger partial charge is 0.289 e. The number of hydrogen-bond acceptors (Lipinski definition) is 5. The van der Waals surface area contributed by atoms with E-state index in [4.69, 9.17) is 10.2 Å². The maximum absolute atomic E-state index is 12.3. The second-order valence-corrected chi connectivity index (χ2v) is 6.56. The summed E-state index contributed by atoms with van der Waals surface area (Å²) < 4.78 is 5.13. The lowest BCUT2D eigenvalue weighted by molar-refractivity contribution is -0.129. The summed E-state index contributed by atoms with van der Waals surface area (Å²) in [6.07, 6.45) is 1.49. The van der Waals surface area contributed by atoms with Gasteiger partial charge in [0, 0.05) is 36.8 Å². The SMILES string of the molecule is Nc1cccc(SCC(=O)N2CCN(C(=O)c3ccco3)CC2)c1. The van der Waals surface area contributed by atoms with Crippen molar-refractivity contribution in [1.29, 1.82) is 0 Å². The number of nitrogens with zero attached hydrogens (tertiary/aromatic N) is 2. The van der Waals surface area contributed by atoms with Crippen LogP contribution in [0.15, 0.2) is 52.0 Å². The lowest BCUT2D eigenvalue weighted by Gasteiger charge is -2.34. The number of furan rings is 1. The molecule has 0 atom stereocenters. The zero-order chi connectivity index (χ0) is 16.9. The van der Waals surface area contributed by atoms with E-state index in [9.17, 15) is 9.59 Å². The van der Waals surface area contributed by atoms with Crippen molar-refractivity contribution >= 4 is 29.3 Å². The monoisotopic (exact) mass is 345 g/mol. The fourth-order valence-electron chi connectivity index (χ4n) is 2.56. The standard InChI is InChI=1S/C17H19N3O3S/c18-13-3-1-4-14(11-13)24-12-16(21)19-6-8-20(9-7-19)17(22)15-5-2-10-23-15/h1-5,10-11H,6-9,12,18H2. The molecule has 0 bridgehead atoms. The number of carbonyl (C=O) groups excluding carboxylic acids is 2. The maximum Gasteiger partial charge on any atom is 0.289 e. The number of anilines is 1. The molecular weight excluding hydrogens is 326 g/mol. The minimum atomic E-state index is -0.124. The second-order valence-electron chi connectivity index (χ2n) is 5.51. The average molecular weight is 345 g/mol. The molecule has 2 aromatic rings. The van der Waals surface area contributed by atoms with Gasteiger partial charge < -0.3 is 20.0 Å². The van der Waals surface area contributed by atoms with E-state index in [-0.39, 0.29) is 11.8 Å². The summed E-state index contributed by atoms with van der Waals surface area (Å²) in [6.45, 7) is 2.13. The van der Waals surface area contributed by atoms with Crippen molar-refractivity contribution in [2.24, 2.45) is 0 Å². The highest BCUT2D eigenvalue weighted by Gasteiger charge is 2.25. The molecule has 0 spiro atoms. The summed E-state index contributed by atoms with van der Waals surface area (Å²) in [5.41, 5.74) is 6.43. The van der Waals surface area contributed by atoms with Gasteiger partial charge in [-0.05, 0) is 30.3 Å². The second kappa shape index (κ2) is 7.44. The summed E-state index contributed by atoms with van der Waals surface area (Å²) in [4.78, 5) is 29.0. The Morgan fingerprint density at radius 1 is 1.08 bits per heavy atom. The van der Waals surface area contributed by atoms with Gasteiger partial charge in [0.15, 0.2) is 5.76 Å². The highest BCUT2D eigenvalue weighted by molar-refractivity contribution is 8.00. The van der Waals surface area contributed by atoms with Crippen molar-refractivity contribution in [3.63, 3.8) is 0 Å².